The molecule has 5 rings (SSSR count). The normalized spacial score (nSPS) is 17.5. The Morgan fingerprint density at radius 1 is 1.03 bits per heavy atom. The first kappa shape index (κ1) is 20.7. The molecule has 1 N–H and O–H groups in total. The van der Waals surface area contributed by atoms with Crippen LogP contribution in [0, 0.1) is 0 Å². The van der Waals surface area contributed by atoms with Crippen molar-refractivity contribution in [2.24, 2.45) is 0 Å². The van der Waals surface area contributed by atoms with Gasteiger partial charge in [-0.1, -0.05) is 12.1 Å². The molecule has 0 saturated carbocycles. The van der Waals surface area contributed by atoms with Crippen LogP contribution < -0.4 is 19.3 Å². The van der Waals surface area contributed by atoms with Crippen molar-refractivity contribution < 1.29 is 28.6 Å². The molecule has 2 aliphatic rings. The zero-order valence-corrected chi connectivity index (χ0v) is 18.1. The van der Waals surface area contributed by atoms with Gasteiger partial charge in [0.2, 0.25) is 5.78 Å². The molecular weight excluding hydrogens is 424 g/mol. The van der Waals surface area contributed by atoms with E-state index < -0.39 is 23.5 Å². The van der Waals surface area contributed by atoms with Crippen LogP contribution >= 0.6 is 0 Å². The maximum Gasteiger partial charge on any atom is 0.294 e. The fraction of sp³-hybridized carbons (Fsp3) is 0.200. The molecule has 1 unspecified atom stereocenters. The van der Waals surface area contributed by atoms with Crippen LogP contribution in [0.25, 0.3) is 0 Å². The largest absolute Gasteiger partial charge is 0.503 e. The number of ketones is 1. The minimum atomic E-state index is -0.853. The molecule has 1 amide bonds. The Bertz CT molecular complexity index is 1240. The fourth-order valence-corrected chi connectivity index (χ4v) is 4.10. The van der Waals surface area contributed by atoms with Gasteiger partial charge in [0, 0.05) is 31.5 Å². The van der Waals surface area contributed by atoms with E-state index in [1.165, 1.54) is 17.2 Å². The van der Waals surface area contributed by atoms with E-state index in [1.807, 2.05) is 43.3 Å². The fourth-order valence-electron chi connectivity index (χ4n) is 4.10. The van der Waals surface area contributed by atoms with Crippen molar-refractivity contribution in [1.82, 2.24) is 0 Å². The van der Waals surface area contributed by atoms with E-state index in [1.54, 1.807) is 24.3 Å². The maximum absolute atomic E-state index is 13.3. The van der Waals surface area contributed by atoms with Gasteiger partial charge in [-0.2, -0.15) is 0 Å². The van der Waals surface area contributed by atoms with Gasteiger partial charge in [0.1, 0.15) is 13.2 Å². The summed E-state index contributed by atoms with van der Waals surface area (Å²) < 4.78 is 16.5. The van der Waals surface area contributed by atoms with E-state index in [0.29, 0.717) is 36.0 Å². The third kappa shape index (κ3) is 3.49. The van der Waals surface area contributed by atoms with Gasteiger partial charge < -0.3 is 23.9 Å². The number of furan rings is 1. The summed E-state index contributed by atoms with van der Waals surface area (Å²) in [4.78, 5) is 29.9. The van der Waals surface area contributed by atoms with Crippen molar-refractivity contribution in [3.63, 3.8) is 0 Å². The highest BCUT2D eigenvalue weighted by atomic mass is 16.6. The van der Waals surface area contributed by atoms with E-state index in [2.05, 4.69) is 0 Å². The number of hydrogen-bond donors (Lipinski definition) is 1. The molecule has 168 valence electrons. The Kier molecular flexibility index (Phi) is 5.05. The highest BCUT2D eigenvalue weighted by Crippen LogP contribution is 2.44. The van der Waals surface area contributed by atoms with E-state index in [9.17, 15) is 14.7 Å². The zero-order valence-electron chi connectivity index (χ0n) is 18.1. The number of benzene rings is 2. The molecule has 8 heteroatoms. The number of Topliss-reactive ketones (excluding diaryl/α,β-unsaturated/α-hetero) is 1. The summed E-state index contributed by atoms with van der Waals surface area (Å²) in [5.74, 6) is -0.710. The number of hydrogen-bond acceptors (Lipinski definition) is 7. The first-order valence-electron chi connectivity index (χ1n) is 10.5. The summed E-state index contributed by atoms with van der Waals surface area (Å²) in [5.41, 5.74) is 2.06. The standard InChI is InChI=1S/C25H22N2O6/c1-26(2)16-7-5-15(6-8-16)22-21(23(28)19-4-3-11-31-19)24(29)25(30)27(22)17-9-10-18-20(14-17)33-13-12-32-18/h3-11,14,22,29H,12-13H2,1-2H3. The highest BCUT2D eigenvalue weighted by molar-refractivity contribution is 6.20. The van der Waals surface area contributed by atoms with Crippen molar-refractivity contribution in [1.29, 1.82) is 0 Å². The van der Waals surface area contributed by atoms with Crippen molar-refractivity contribution >= 4 is 23.1 Å². The molecule has 3 heterocycles. The van der Waals surface area contributed by atoms with Gasteiger partial charge >= 0.3 is 0 Å². The summed E-state index contributed by atoms with van der Waals surface area (Å²) in [6.45, 7) is 0.839. The third-order valence-electron chi connectivity index (χ3n) is 5.73. The number of fused-ring (bicyclic) bond motifs is 1. The molecule has 0 spiro atoms. The Balaban J connectivity index is 1.63. The molecular formula is C25H22N2O6. The first-order chi connectivity index (χ1) is 16.0. The molecule has 0 saturated heterocycles. The zero-order chi connectivity index (χ0) is 23.1. The molecule has 0 radical (unpaired) electrons. The van der Waals surface area contributed by atoms with Gasteiger partial charge in [-0.3, -0.25) is 14.5 Å². The van der Waals surface area contributed by atoms with Crippen LogP contribution in [0.5, 0.6) is 11.5 Å². The molecule has 0 fully saturated rings. The molecule has 1 aromatic heterocycles. The Hall–Kier alpha value is -4.20. The van der Waals surface area contributed by atoms with Crippen LogP contribution in [0.4, 0.5) is 11.4 Å². The van der Waals surface area contributed by atoms with Gasteiger partial charge in [0.05, 0.1) is 17.9 Å². The predicted molar refractivity (Wildman–Crippen MR) is 121 cm³/mol. The van der Waals surface area contributed by atoms with E-state index >= 15 is 0 Å². The molecule has 0 bridgehead atoms. The average molecular weight is 446 g/mol. The lowest BCUT2D eigenvalue weighted by molar-refractivity contribution is -0.117. The number of ether oxygens (including phenoxy) is 2. The van der Waals surface area contributed by atoms with Gasteiger partial charge in [0.15, 0.2) is 23.0 Å². The van der Waals surface area contributed by atoms with Crippen LogP contribution in [-0.4, -0.2) is 44.1 Å². The number of rotatable bonds is 5. The second-order valence-electron chi connectivity index (χ2n) is 7.96. The topological polar surface area (TPSA) is 92.5 Å². The lowest BCUT2D eigenvalue weighted by atomic mass is 9.94. The van der Waals surface area contributed by atoms with Gasteiger partial charge in [-0.15, -0.1) is 0 Å². The Labute approximate surface area is 190 Å². The first-order valence-corrected chi connectivity index (χ1v) is 10.5. The summed E-state index contributed by atoms with van der Waals surface area (Å²) >= 11 is 0. The highest BCUT2D eigenvalue weighted by Gasteiger charge is 2.45. The molecule has 33 heavy (non-hydrogen) atoms. The van der Waals surface area contributed by atoms with Crippen molar-refractivity contribution in [2.45, 2.75) is 6.04 Å². The Morgan fingerprint density at radius 3 is 2.42 bits per heavy atom. The summed E-state index contributed by atoms with van der Waals surface area (Å²) in [5, 5.41) is 10.8. The van der Waals surface area contributed by atoms with Crippen LogP contribution in [-0.2, 0) is 4.79 Å². The van der Waals surface area contributed by atoms with Gasteiger partial charge in [-0.25, -0.2) is 0 Å². The number of anilines is 2. The SMILES string of the molecule is CN(C)c1ccc(C2C(C(=O)c3ccco3)=C(O)C(=O)N2c2ccc3c(c2)OCCO3)cc1. The van der Waals surface area contributed by atoms with E-state index in [-0.39, 0.29) is 11.3 Å². The molecule has 3 aromatic rings. The van der Waals surface area contributed by atoms with Crippen LogP contribution in [0.1, 0.15) is 22.2 Å². The van der Waals surface area contributed by atoms with E-state index in [0.717, 1.165) is 5.69 Å². The summed E-state index contributed by atoms with van der Waals surface area (Å²) in [6.07, 6.45) is 1.38. The van der Waals surface area contributed by atoms with Crippen LogP contribution in [0.3, 0.4) is 0 Å². The molecule has 2 aliphatic heterocycles. The molecule has 1 atom stereocenters. The number of aliphatic hydroxyl groups is 1. The second kappa shape index (κ2) is 8.05. The van der Waals surface area contributed by atoms with Crippen molar-refractivity contribution in [2.75, 3.05) is 37.1 Å². The van der Waals surface area contributed by atoms with E-state index in [4.69, 9.17) is 13.9 Å². The number of amides is 1. The second-order valence-corrected chi connectivity index (χ2v) is 7.96. The number of carbonyl (C=O) groups is 2. The number of carbonyl (C=O) groups excluding carboxylic acids is 2. The smallest absolute Gasteiger partial charge is 0.294 e. The minimum absolute atomic E-state index is 0.0394. The quantitative estimate of drug-likeness (QED) is 0.594. The molecule has 2 aromatic carbocycles. The van der Waals surface area contributed by atoms with Gasteiger partial charge in [-0.05, 0) is 42.0 Å². The van der Waals surface area contributed by atoms with Crippen LogP contribution in [0.15, 0.2) is 76.6 Å². The van der Waals surface area contributed by atoms with Crippen molar-refractivity contribution in [3.05, 3.63) is 83.5 Å². The predicted octanol–water partition coefficient (Wildman–Crippen LogP) is 3.90. The number of aliphatic hydroxyl groups excluding tert-OH is 1. The van der Waals surface area contributed by atoms with Crippen molar-refractivity contribution in [3.8, 4) is 11.5 Å². The monoisotopic (exact) mass is 446 g/mol. The minimum Gasteiger partial charge on any atom is -0.503 e. The number of nitrogens with zero attached hydrogens (tertiary/aromatic N) is 2. The maximum atomic E-state index is 13.3. The molecule has 8 nitrogen and oxygen atoms in total. The van der Waals surface area contributed by atoms with Gasteiger partial charge in [0.25, 0.3) is 5.91 Å². The lowest BCUT2D eigenvalue weighted by Crippen LogP contribution is -2.31. The summed E-state index contributed by atoms with van der Waals surface area (Å²) in [6, 6.07) is 14.8. The van der Waals surface area contributed by atoms with Crippen LogP contribution in [0.2, 0.25) is 0 Å². The average Bonchev–Trinajstić information content (AvgIpc) is 3.46. The molecule has 0 aliphatic carbocycles. The Morgan fingerprint density at radius 2 is 1.76 bits per heavy atom. The third-order valence-corrected chi connectivity index (χ3v) is 5.73. The summed E-state index contributed by atoms with van der Waals surface area (Å²) in [7, 11) is 3.85. The lowest BCUT2D eigenvalue weighted by Gasteiger charge is -2.28.